The van der Waals surface area contributed by atoms with Crippen LogP contribution in [0.5, 0.6) is 0 Å². The maximum Gasteiger partial charge on any atom is 0.177 e. The maximum atomic E-state index is 3.91. The summed E-state index contributed by atoms with van der Waals surface area (Å²) in [7, 11) is 0. The molecule has 0 aliphatic rings. The molecule has 3 nitrogen and oxygen atoms in total. The fraction of sp³-hybridized carbons (Fsp3) is 0.222. The quantitative estimate of drug-likeness (QED) is 0.618. The lowest BCUT2D eigenvalue weighted by atomic mass is 10.4. The van der Waals surface area contributed by atoms with Crippen LogP contribution in [0.25, 0.3) is 0 Å². The summed E-state index contributed by atoms with van der Waals surface area (Å²) in [6.45, 7) is 10.7. The lowest BCUT2D eigenvalue weighted by Gasteiger charge is -1.93. The van der Waals surface area contributed by atoms with Crippen LogP contribution in [0.2, 0.25) is 0 Å². The molecule has 1 rings (SSSR count). The summed E-state index contributed by atoms with van der Waals surface area (Å²) in [5.41, 5.74) is 0.664. The molecule has 0 aromatic carbocycles. The summed E-state index contributed by atoms with van der Waals surface area (Å²) < 4.78 is 0. The van der Waals surface area contributed by atoms with Gasteiger partial charge in [-0.3, -0.25) is 4.99 Å². The Kier molecular flexibility index (Phi) is 5.43. The summed E-state index contributed by atoms with van der Waals surface area (Å²) in [4.78, 5) is 11.2. The van der Waals surface area contributed by atoms with Crippen molar-refractivity contribution < 1.29 is 0 Å². The third kappa shape index (κ3) is 2.62. The molecule has 0 saturated carbocycles. The van der Waals surface area contributed by atoms with Crippen LogP contribution in [0.3, 0.4) is 0 Å². The molecule has 1 aromatic heterocycles. The Hall–Kier alpha value is -1.51. The number of hydrogen-bond donors (Lipinski definition) is 0. The van der Waals surface area contributed by atoms with E-state index in [9.17, 15) is 0 Å². The molecule has 0 aliphatic heterocycles. The summed E-state index contributed by atoms with van der Waals surface area (Å²) >= 11 is 0. The van der Waals surface area contributed by atoms with Crippen molar-refractivity contribution in [1.82, 2.24) is 4.98 Å². The predicted octanol–water partition coefficient (Wildman–Crippen LogP) is 2.77. The third-order valence-corrected chi connectivity index (χ3v) is 1.09. The first kappa shape index (κ1) is 10.5. The molecule has 1 aromatic rings. The predicted molar refractivity (Wildman–Crippen MR) is 54.0 cm³/mol. The van der Waals surface area contributed by atoms with Gasteiger partial charge < -0.3 is 0 Å². The lowest BCUT2D eigenvalue weighted by Crippen LogP contribution is -1.71. The first-order valence-corrected chi connectivity index (χ1v) is 3.77. The van der Waals surface area contributed by atoms with Crippen molar-refractivity contribution in [2.75, 3.05) is 0 Å². The molecule has 0 aliphatic carbocycles. The van der Waals surface area contributed by atoms with Gasteiger partial charge >= 0.3 is 0 Å². The molecule has 12 heavy (non-hydrogen) atoms. The van der Waals surface area contributed by atoms with Crippen molar-refractivity contribution in [3.63, 3.8) is 0 Å². The molecule has 3 heteroatoms. The van der Waals surface area contributed by atoms with Crippen LogP contribution in [0.4, 0.5) is 11.5 Å². The zero-order valence-corrected chi connectivity index (χ0v) is 7.49. The fourth-order valence-electron chi connectivity index (χ4n) is 0.634. The van der Waals surface area contributed by atoms with Gasteiger partial charge in [-0.25, -0.2) is 9.98 Å². The number of nitrogens with zero attached hydrogens (tertiary/aromatic N) is 3. The van der Waals surface area contributed by atoms with Gasteiger partial charge in [0.15, 0.2) is 5.82 Å². The second-order valence-electron chi connectivity index (χ2n) is 1.66. The summed E-state index contributed by atoms with van der Waals surface area (Å²) in [5.74, 6) is 0.525. The number of hydrogen-bond acceptors (Lipinski definition) is 3. The molecule has 0 spiro atoms. The van der Waals surface area contributed by atoms with Gasteiger partial charge in [-0.1, -0.05) is 13.8 Å². The topological polar surface area (TPSA) is 37.6 Å². The first-order valence-electron chi connectivity index (χ1n) is 3.77. The Labute approximate surface area is 72.9 Å². The molecule has 0 amide bonds. The van der Waals surface area contributed by atoms with E-state index in [0.717, 1.165) is 0 Å². The van der Waals surface area contributed by atoms with Gasteiger partial charge in [-0.15, -0.1) is 0 Å². The Balaban J connectivity index is 0.000000561. The highest BCUT2D eigenvalue weighted by Crippen LogP contribution is 2.22. The molecule has 0 bridgehead atoms. The van der Waals surface area contributed by atoms with Gasteiger partial charge in [0.25, 0.3) is 0 Å². The van der Waals surface area contributed by atoms with E-state index >= 15 is 0 Å². The molecule has 64 valence electrons. The molecule has 0 fully saturated rings. The number of aliphatic imine (C=N–C) groups is 2. The van der Waals surface area contributed by atoms with E-state index in [-0.39, 0.29) is 0 Å². The van der Waals surface area contributed by atoms with Crippen LogP contribution in [-0.4, -0.2) is 18.4 Å². The molecular weight excluding hydrogens is 150 g/mol. The van der Waals surface area contributed by atoms with Gasteiger partial charge in [0.2, 0.25) is 0 Å². The molecule has 1 heterocycles. The highest BCUT2D eigenvalue weighted by Gasteiger charge is 1.94. The zero-order chi connectivity index (χ0) is 9.40. The zero-order valence-electron chi connectivity index (χ0n) is 7.49. The highest BCUT2D eigenvalue weighted by molar-refractivity contribution is 5.61. The van der Waals surface area contributed by atoms with Crippen LogP contribution < -0.4 is 0 Å². The summed E-state index contributed by atoms with van der Waals surface area (Å²) in [6, 6.07) is 3.56. The smallest absolute Gasteiger partial charge is 0.177 e. The second kappa shape index (κ2) is 6.22. The molecule has 0 saturated heterocycles. The average Bonchev–Trinajstić information content (AvgIpc) is 2.20. The van der Waals surface area contributed by atoms with E-state index in [1.165, 1.54) is 0 Å². The minimum absolute atomic E-state index is 0.525. The van der Waals surface area contributed by atoms with E-state index in [4.69, 9.17) is 0 Å². The van der Waals surface area contributed by atoms with Crippen LogP contribution in [0, 0.1) is 0 Å². The van der Waals surface area contributed by atoms with Gasteiger partial charge in [0, 0.05) is 6.20 Å². The lowest BCUT2D eigenvalue weighted by molar-refractivity contribution is 1.27. The molecule has 0 N–H and O–H groups in total. The standard InChI is InChI=1S/C7H7N3.C2H6/c1-8-6-4-3-5-10-7(6)9-2;1-2/h3-5H,1-2H2;1-2H3. The largest absolute Gasteiger partial charge is 0.261 e. The summed E-state index contributed by atoms with van der Waals surface area (Å²) in [6.07, 6.45) is 1.64. The molecule has 0 atom stereocenters. The van der Waals surface area contributed by atoms with Crippen LogP contribution in [-0.2, 0) is 0 Å². The van der Waals surface area contributed by atoms with Crippen molar-refractivity contribution >= 4 is 24.9 Å². The minimum Gasteiger partial charge on any atom is -0.261 e. The number of pyridine rings is 1. The SMILES string of the molecule is C=Nc1cccnc1N=C.CC. The fourth-order valence-corrected chi connectivity index (χ4v) is 0.634. The third-order valence-electron chi connectivity index (χ3n) is 1.09. The van der Waals surface area contributed by atoms with Crippen molar-refractivity contribution in [2.24, 2.45) is 9.98 Å². The Morgan fingerprint density at radius 3 is 2.33 bits per heavy atom. The number of aromatic nitrogens is 1. The molecular formula is C9H13N3. The van der Waals surface area contributed by atoms with E-state index < -0.39 is 0 Å². The van der Waals surface area contributed by atoms with E-state index in [2.05, 4.69) is 28.4 Å². The van der Waals surface area contributed by atoms with Crippen molar-refractivity contribution in [2.45, 2.75) is 13.8 Å². The van der Waals surface area contributed by atoms with Crippen LogP contribution >= 0.6 is 0 Å². The second-order valence-corrected chi connectivity index (χ2v) is 1.66. The minimum atomic E-state index is 0.525. The highest BCUT2D eigenvalue weighted by atomic mass is 14.9. The molecule has 0 unspecified atom stereocenters. The van der Waals surface area contributed by atoms with Crippen molar-refractivity contribution in [3.8, 4) is 0 Å². The Morgan fingerprint density at radius 1 is 1.25 bits per heavy atom. The van der Waals surface area contributed by atoms with E-state index in [1.807, 2.05) is 13.8 Å². The average molecular weight is 163 g/mol. The van der Waals surface area contributed by atoms with Crippen molar-refractivity contribution in [3.05, 3.63) is 18.3 Å². The van der Waals surface area contributed by atoms with Gasteiger partial charge in [-0.2, -0.15) is 0 Å². The van der Waals surface area contributed by atoms with Crippen LogP contribution in [0.15, 0.2) is 28.3 Å². The van der Waals surface area contributed by atoms with Gasteiger partial charge in [-0.05, 0) is 25.6 Å². The van der Waals surface area contributed by atoms with Gasteiger partial charge in [0.1, 0.15) is 5.69 Å². The Morgan fingerprint density at radius 2 is 1.92 bits per heavy atom. The van der Waals surface area contributed by atoms with Gasteiger partial charge in [0.05, 0.1) is 0 Å². The van der Waals surface area contributed by atoms with E-state index in [1.54, 1.807) is 18.3 Å². The van der Waals surface area contributed by atoms with Crippen molar-refractivity contribution in [1.29, 1.82) is 0 Å². The Bertz CT molecular complexity index is 229. The van der Waals surface area contributed by atoms with Crippen LogP contribution in [0.1, 0.15) is 13.8 Å². The normalized spacial score (nSPS) is 7.83. The molecule has 0 radical (unpaired) electrons. The van der Waals surface area contributed by atoms with E-state index in [0.29, 0.717) is 11.5 Å². The monoisotopic (exact) mass is 163 g/mol. The number of rotatable bonds is 2. The summed E-state index contributed by atoms with van der Waals surface area (Å²) in [5, 5.41) is 0. The maximum absolute atomic E-state index is 3.91. The first-order chi connectivity index (χ1) is 5.88.